The van der Waals surface area contributed by atoms with Gasteiger partial charge < -0.3 is 25.4 Å². The molecule has 1 aliphatic carbocycles. The van der Waals surface area contributed by atoms with Crippen molar-refractivity contribution in [2.24, 2.45) is 0 Å². The van der Waals surface area contributed by atoms with Crippen molar-refractivity contribution in [3.05, 3.63) is 29.3 Å². The maximum atomic E-state index is 12.1. The van der Waals surface area contributed by atoms with Crippen LogP contribution in [0.3, 0.4) is 0 Å². The van der Waals surface area contributed by atoms with E-state index in [1.165, 1.54) is 7.11 Å². The lowest BCUT2D eigenvalue weighted by molar-refractivity contribution is -0.104. The third kappa shape index (κ3) is 1.88. The summed E-state index contributed by atoms with van der Waals surface area (Å²) < 4.78 is 5.16. The van der Waals surface area contributed by atoms with Gasteiger partial charge in [0.1, 0.15) is 18.0 Å². The van der Waals surface area contributed by atoms with Gasteiger partial charge in [-0.3, -0.25) is 4.79 Å². The van der Waals surface area contributed by atoms with Crippen molar-refractivity contribution >= 4 is 5.91 Å². The Hall–Kier alpha value is -1.63. The fourth-order valence-corrected chi connectivity index (χ4v) is 3.14. The number of rotatable bonds is 1. The lowest BCUT2D eigenvalue weighted by Gasteiger charge is -2.44. The molecule has 2 aliphatic rings. The number of fused-ring (bicyclic) bond motifs is 3. The van der Waals surface area contributed by atoms with Crippen LogP contribution in [0.4, 0.5) is 0 Å². The maximum Gasteiger partial charge on any atom is 0.251 e. The number of carbonyl (C=O) groups excluding carboxylic acids is 1. The highest BCUT2D eigenvalue weighted by Crippen LogP contribution is 2.39. The number of nitrogens with one attached hydrogen (secondary N) is 1. The van der Waals surface area contributed by atoms with E-state index in [0.29, 0.717) is 11.3 Å². The van der Waals surface area contributed by atoms with Crippen molar-refractivity contribution in [1.29, 1.82) is 0 Å². The smallest absolute Gasteiger partial charge is 0.251 e. The van der Waals surface area contributed by atoms with Crippen molar-refractivity contribution in [3.8, 4) is 5.75 Å². The molecule has 5 atom stereocenters. The molecular weight excluding hydrogens is 262 g/mol. The van der Waals surface area contributed by atoms with Gasteiger partial charge in [0.05, 0.1) is 19.3 Å². The zero-order valence-corrected chi connectivity index (χ0v) is 11.0. The third-order valence-corrected chi connectivity index (χ3v) is 4.24. The summed E-state index contributed by atoms with van der Waals surface area (Å²) in [7, 11) is 1.54. The molecular formula is C14H17NO5. The van der Waals surface area contributed by atoms with Crippen LogP contribution in [0.15, 0.2) is 18.2 Å². The highest BCUT2D eigenvalue weighted by atomic mass is 16.5. The highest BCUT2D eigenvalue weighted by Gasteiger charge is 2.47. The van der Waals surface area contributed by atoms with Crippen molar-refractivity contribution in [2.45, 2.75) is 36.7 Å². The average molecular weight is 279 g/mol. The summed E-state index contributed by atoms with van der Waals surface area (Å²) in [5, 5.41) is 32.4. The van der Waals surface area contributed by atoms with Gasteiger partial charge in [-0.2, -0.15) is 0 Å². The van der Waals surface area contributed by atoms with E-state index in [2.05, 4.69) is 5.32 Å². The molecule has 4 N–H and O–H groups in total. The number of aliphatic hydroxyl groups is 3. The van der Waals surface area contributed by atoms with E-state index in [4.69, 9.17) is 4.74 Å². The van der Waals surface area contributed by atoms with Gasteiger partial charge in [0.2, 0.25) is 0 Å². The van der Waals surface area contributed by atoms with Crippen LogP contribution in [0, 0.1) is 0 Å². The van der Waals surface area contributed by atoms with Crippen LogP contribution in [0.1, 0.15) is 28.3 Å². The van der Waals surface area contributed by atoms with Gasteiger partial charge in [-0.1, -0.05) is 0 Å². The van der Waals surface area contributed by atoms with Crippen LogP contribution in [0.5, 0.6) is 5.75 Å². The lowest BCUT2D eigenvalue weighted by atomic mass is 9.72. The van der Waals surface area contributed by atoms with E-state index >= 15 is 0 Å². The first-order chi connectivity index (χ1) is 9.52. The molecule has 0 radical (unpaired) electrons. The number of hydrogen-bond donors (Lipinski definition) is 4. The Balaban J connectivity index is 2.06. The van der Waals surface area contributed by atoms with Crippen LogP contribution in [0.25, 0.3) is 0 Å². The first kappa shape index (κ1) is 13.4. The maximum absolute atomic E-state index is 12.1. The van der Waals surface area contributed by atoms with Crippen LogP contribution < -0.4 is 10.1 Å². The summed E-state index contributed by atoms with van der Waals surface area (Å²) >= 11 is 0. The van der Waals surface area contributed by atoms with Crippen LogP contribution in [0.2, 0.25) is 0 Å². The Kier molecular flexibility index (Phi) is 3.16. The highest BCUT2D eigenvalue weighted by molar-refractivity contribution is 5.97. The Morgan fingerprint density at radius 3 is 2.70 bits per heavy atom. The number of carbonyl (C=O) groups is 1. The molecule has 0 unspecified atom stereocenters. The van der Waals surface area contributed by atoms with Crippen molar-refractivity contribution in [3.63, 3.8) is 0 Å². The molecule has 1 saturated carbocycles. The van der Waals surface area contributed by atoms with E-state index in [9.17, 15) is 20.1 Å². The predicted molar refractivity (Wildman–Crippen MR) is 69.6 cm³/mol. The quantitative estimate of drug-likeness (QED) is 0.549. The second-order valence-corrected chi connectivity index (χ2v) is 5.34. The molecule has 0 bridgehead atoms. The molecule has 6 heteroatoms. The summed E-state index contributed by atoms with van der Waals surface area (Å²) in [5.41, 5.74) is 1.26. The molecule has 1 aromatic carbocycles. The second kappa shape index (κ2) is 4.73. The molecule has 0 saturated heterocycles. The molecule has 3 rings (SSSR count). The van der Waals surface area contributed by atoms with Gasteiger partial charge in [0.25, 0.3) is 5.91 Å². The summed E-state index contributed by atoms with van der Waals surface area (Å²) in [6, 6.07) is 4.52. The molecule has 1 aromatic rings. The standard InChI is InChI=1S/C14H17NO5/c1-20-6-2-3-7-8(4-6)9-5-10(16)12(17)13(18)11(9)15-14(7)19/h2-4,9-13,16-18H,5H2,1H3,(H,15,19)/t9-,10+,11-,12-,13+/m1/s1. The first-order valence-electron chi connectivity index (χ1n) is 6.56. The van der Waals surface area contributed by atoms with Gasteiger partial charge >= 0.3 is 0 Å². The minimum absolute atomic E-state index is 0.244. The summed E-state index contributed by atoms with van der Waals surface area (Å²) in [6.07, 6.45) is -3.17. The summed E-state index contributed by atoms with van der Waals surface area (Å²) in [5.74, 6) is 0.0880. The Morgan fingerprint density at radius 2 is 2.00 bits per heavy atom. The number of benzene rings is 1. The molecule has 108 valence electrons. The van der Waals surface area contributed by atoms with Crippen molar-refractivity contribution < 1.29 is 24.9 Å². The van der Waals surface area contributed by atoms with Gasteiger partial charge in [-0.25, -0.2) is 0 Å². The minimum atomic E-state index is -1.25. The molecule has 1 aliphatic heterocycles. The molecule has 0 aromatic heterocycles. The topological polar surface area (TPSA) is 99.0 Å². The number of hydrogen-bond acceptors (Lipinski definition) is 5. The van der Waals surface area contributed by atoms with Gasteiger partial charge in [-0.05, 0) is 30.2 Å². The molecule has 1 fully saturated rings. The largest absolute Gasteiger partial charge is 0.497 e. The van der Waals surface area contributed by atoms with Gasteiger partial charge in [0, 0.05) is 11.5 Å². The van der Waals surface area contributed by atoms with E-state index in [1.807, 2.05) is 0 Å². The van der Waals surface area contributed by atoms with E-state index in [1.54, 1.807) is 18.2 Å². The number of amides is 1. The zero-order valence-electron chi connectivity index (χ0n) is 11.0. The average Bonchev–Trinajstić information content (AvgIpc) is 2.46. The first-order valence-corrected chi connectivity index (χ1v) is 6.56. The van der Waals surface area contributed by atoms with Crippen LogP contribution in [-0.2, 0) is 0 Å². The lowest BCUT2D eigenvalue weighted by Crippen LogP contribution is -2.61. The minimum Gasteiger partial charge on any atom is -0.497 e. The fourth-order valence-electron chi connectivity index (χ4n) is 3.14. The molecule has 6 nitrogen and oxygen atoms in total. The van der Waals surface area contributed by atoms with Crippen LogP contribution >= 0.6 is 0 Å². The zero-order chi connectivity index (χ0) is 14.4. The summed E-state index contributed by atoms with van der Waals surface area (Å²) in [6.45, 7) is 0. The number of ether oxygens (including phenoxy) is 1. The number of methoxy groups -OCH3 is 1. The van der Waals surface area contributed by atoms with E-state index in [-0.39, 0.29) is 18.2 Å². The van der Waals surface area contributed by atoms with Gasteiger partial charge in [-0.15, -0.1) is 0 Å². The number of aliphatic hydroxyl groups excluding tert-OH is 3. The Labute approximate surface area is 116 Å². The summed E-state index contributed by atoms with van der Waals surface area (Å²) in [4.78, 5) is 12.1. The second-order valence-electron chi connectivity index (χ2n) is 5.34. The van der Waals surface area contributed by atoms with Crippen molar-refractivity contribution in [1.82, 2.24) is 5.32 Å². The molecule has 20 heavy (non-hydrogen) atoms. The fraction of sp³-hybridized carbons (Fsp3) is 0.500. The SMILES string of the molecule is COc1ccc2c(c1)[C@H]1C[C@H](O)[C@@H](O)[C@@H](O)[C@@H]1NC2=O. The molecule has 1 heterocycles. The normalized spacial score (nSPS) is 35.8. The van der Waals surface area contributed by atoms with E-state index < -0.39 is 24.4 Å². The molecule has 1 amide bonds. The Bertz CT molecular complexity index is 546. The third-order valence-electron chi connectivity index (χ3n) is 4.24. The monoisotopic (exact) mass is 279 g/mol. The van der Waals surface area contributed by atoms with Crippen LogP contribution in [-0.4, -0.2) is 52.7 Å². The molecule has 0 spiro atoms. The van der Waals surface area contributed by atoms with Crippen molar-refractivity contribution in [2.75, 3.05) is 7.11 Å². The van der Waals surface area contributed by atoms with E-state index in [0.717, 1.165) is 5.56 Å². The van der Waals surface area contributed by atoms with Gasteiger partial charge in [0.15, 0.2) is 0 Å². The predicted octanol–water partition coefficient (Wildman–Crippen LogP) is -0.623. The Morgan fingerprint density at radius 1 is 1.25 bits per heavy atom.